The summed E-state index contributed by atoms with van der Waals surface area (Å²) < 4.78 is 0. The third kappa shape index (κ3) is 5.83. The van der Waals surface area contributed by atoms with Gasteiger partial charge in [0.05, 0.1) is 18.6 Å². The number of fused-ring (bicyclic) bond motifs is 1. The van der Waals surface area contributed by atoms with Crippen LogP contribution in [-0.4, -0.2) is 41.9 Å². The number of hydroxylamine groups is 1. The fourth-order valence-electron chi connectivity index (χ4n) is 4.78. The lowest BCUT2D eigenvalue weighted by molar-refractivity contribution is -0.138. The number of allylic oxidation sites excluding steroid dienone is 3. The molecule has 2 heterocycles. The lowest BCUT2D eigenvalue weighted by Crippen LogP contribution is -2.56. The molecule has 2 aliphatic rings. The molecule has 1 saturated heterocycles. The van der Waals surface area contributed by atoms with E-state index in [0.29, 0.717) is 29.1 Å². The number of rotatable bonds is 8. The van der Waals surface area contributed by atoms with Crippen LogP contribution in [0.4, 0.5) is 0 Å². The van der Waals surface area contributed by atoms with Crippen LogP contribution in [0.1, 0.15) is 40.2 Å². The van der Waals surface area contributed by atoms with Crippen molar-refractivity contribution in [3.63, 3.8) is 0 Å². The summed E-state index contributed by atoms with van der Waals surface area (Å²) in [5.74, 6) is 1.43. The monoisotopic (exact) mass is 489 g/mol. The number of nitrogens with zero attached hydrogens (tertiary/aromatic N) is 1. The lowest BCUT2D eigenvalue weighted by atomic mass is 9.80. The number of amides is 2. The maximum atomic E-state index is 13.6. The van der Waals surface area contributed by atoms with Crippen molar-refractivity contribution in [2.75, 3.05) is 13.1 Å². The standard InChI is InChI=1S/C28H28ClN3O3/c1-2-9-21(29)12-8-15-25-26(27(33)31-35-19-20-10-4-3-5-11-20)23-13-6-7-14-24(23)28(34)32(25)22-16-17-30-18-22/h1,3-14,22,25-26,30H,15-19H2,(H,31,33)/b12-8-,21-9+/t22-,25-,26+/m1/s1. The Hall–Kier alpha value is -3.37. The highest BCUT2D eigenvalue weighted by atomic mass is 35.5. The van der Waals surface area contributed by atoms with Gasteiger partial charge in [0.1, 0.15) is 0 Å². The highest BCUT2D eigenvalue weighted by Crippen LogP contribution is 2.37. The molecule has 2 aromatic carbocycles. The van der Waals surface area contributed by atoms with Crippen LogP contribution in [0.15, 0.2) is 77.9 Å². The average molecular weight is 490 g/mol. The Morgan fingerprint density at radius 3 is 2.74 bits per heavy atom. The summed E-state index contributed by atoms with van der Waals surface area (Å²) in [6.45, 7) is 1.75. The van der Waals surface area contributed by atoms with Gasteiger partial charge in [-0.05, 0) is 42.7 Å². The maximum absolute atomic E-state index is 13.6. The molecule has 0 aromatic heterocycles. The summed E-state index contributed by atoms with van der Waals surface area (Å²) in [7, 11) is 0. The molecule has 1 fully saturated rings. The fourth-order valence-corrected chi connectivity index (χ4v) is 4.93. The fraction of sp³-hybridized carbons (Fsp3) is 0.286. The van der Waals surface area contributed by atoms with Gasteiger partial charge in [0.2, 0.25) is 0 Å². The van der Waals surface area contributed by atoms with Crippen molar-refractivity contribution >= 4 is 23.4 Å². The van der Waals surface area contributed by atoms with E-state index in [4.69, 9.17) is 22.9 Å². The van der Waals surface area contributed by atoms with Crippen molar-refractivity contribution in [3.05, 3.63) is 94.5 Å². The normalized spacial score (nSPS) is 22.2. The molecule has 7 heteroatoms. The number of nitrogens with one attached hydrogen (secondary N) is 2. The van der Waals surface area contributed by atoms with E-state index in [-0.39, 0.29) is 24.5 Å². The quantitative estimate of drug-likeness (QED) is 0.335. The molecule has 0 unspecified atom stereocenters. The summed E-state index contributed by atoms with van der Waals surface area (Å²) in [6.07, 6.45) is 11.6. The van der Waals surface area contributed by atoms with E-state index in [1.54, 1.807) is 12.1 Å². The average Bonchev–Trinajstić information content (AvgIpc) is 3.39. The van der Waals surface area contributed by atoms with Crippen molar-refractivity contribution in [2.24, 2.45) is 0 Å². The summed E-state index contributed by atoms with van der Waals surface area (Å²) in [6, 6.07) is 16.5. The van der Waals surface area contributed by atoms with E-state index in [2.05, 4.69) is 16.7 Å². The van der Waals surface area contributed by atoms with Crippen LogP contribution in [-0.2, 0) is 16.2 Å². The number of carbonyl (C=O) groups is 2. The third-order valence-corrected chi connectivity index (χ3v) is 6.58. The number of hydrogen-bond donors (Lipinski definition) is 2. The van der Waals surface area contributed by atoms with E-state index in [1.807, 2.05) is 59.5 Å². The lowest BCUT2D eigenvalue weighted by Gasteiger charge is -2.44. The minimum atomic E-state index is -0.611. The third-order valence-electron chi connectivity index (χ3n) is 6.34. The van der Waals surface area contributed by atoms with Gasteiger partial charge in [0.15, 0.2) is 0 Å². The second kappa shape index (κ2) is 11.9. The topological polar surface area (TPSA) is 70.7 Å². The van der Waals surface area contributed by atoms with Gasteiger partial charge in [-0.15, -0.1) is 6.42 Å². The van der Waals surface area contributed by atoms with E-state index in [9.17, 15) is 9.59 Å². The van der Waals surface area contributed by atoms with Crippen LogP contribution in [0.5, 0.6) is 0 Å². The van der Waals surface area contributed by atoms with E-state index in [0.717, 1.165) is 18.5 Å². The van der Waals surface area contributed by atoms with Crippen LogP contribution < -0.4 is 10.8 Å². The SMILES string of the molecule is C#C/C=C(Cl)\C=C/C[C@@H]1[C@@H](C(=O)NOCc2ccccc2)c2ccccc2C(=O)N1[C@@H]1CCNC1. The zero-order valence-electron chi connectivity index (χ0n) is 19.3. The summed E-state index contributed by atoms with van der Waals surface area (Å²) in [4.78, 5) is 34.6. The zero-order valence-corrected chi connectivity index (χ0v) is 20.1. The molecule has 0 bridgehead atoms. The van der Waals surface area contributed by atoms with Gasteiger partial charge in [0.25, 0.3) is 11.8 Å². The smallest absolute Gasteiger partial charge is 0.254 e. The summed E-state index contributed by atoms with van der Waals surface area (Å²) in [5.41, 5.74) is 4.83. The molecule has 35 heavy (non-hydrogen) atoms. The maximum Gasteiger partial charge on any atom is 0.254 e. The predicted molar refractivity (Wildman–Crippen MR) is 136 cm³/mol. The number of hydrogen-bond acceptors (Lipinski definition) is 4. The van der Waals surface area contributed by atoms with Crippen molar-refractivity contribution in [1.82, 2.24) is 15.7 Å². The van der Waals surface area contributed by atoms with Crippen LogP contribution in [0.3, 0.4) is 0 Å². The second-order valence-electron chi connectivity index (χ2n) is 8.57. The zero-order chi connectivity index (χ0) is 24.6. The van der Waals surface area contributed by atoms with Gasteiger partial charge in [-0.3, -0.25) is 14.4 Å². The Bertz CT molecular complexity index is 1150. The Morgan fingerprint density at radius 1 is 1.23 bits per heavy atom. The summed E-state index contributed by atoms with van der Waals surface area (Å²) in [5, 5.41) is 3.75. The van der Waals surface area contributed by atoms with Gasteiger partial charge < -0.3 is 10.2 Å². The molecule has 180 valence electrons. The highest BCUT2D eigenvalue weighted by Gasteiger charge is 2.45. The molecular weight excluding hydrogens is 462 g/mol. The molecular formula is C28H28ClN3O3. The van der Waals surface area contributed by atoms with Gasteiger partial charge >= 0.3 is 0 Å². The van der Waals surface area contributed by atoms with Crippen LogP contribution in [0, 0.1) is 12.3 Å². The Morgan fingerprint density at radius 2 is 2.00 bits per heavy atom. The number of halogens is 1. The largest absolute Gasteiger partial charge is 0.330 e. The first-order valence-corrected chi connectivity index (χ1v) is 12.0. The number of carbonyl (C=O) groups excluding carboxylic acids is 2. The van der Waals surface area contributed by atoms with Crippen molar-refractivity contribution in [1.29, 1.82) is 0 Å². The minimum absolute atomic E-state index is 0.00786. The highest BCUT2D eigenvalue weighted by molar-refractivity contribution is 6.31. The van der Waals surface area contributed by atoms with Crippen LogP contribution >= 0.6 is 11.6 Å². The molecule has 0 radical (unpaired) electrons. The molecule has 0 aliphatic carbocycles. The van der Waals surface area contributed by atoms with Crippen LogP contribution in [0.25, 0.3) is 0 Å². The van der Waals surface area contributed by atoms with Gasteiger partial charge in [-0.2, -0.15) is 0 Å². The van der Waals surface area contributed by atoms with Gasteiger partial charge in [-0.1, -0.05) is 72.1 Å². The van der Waals surface area contributed by atoms with Crippen LogP contribution in [0.2, 0.25) is 0 Å². The molecule has 4 rings (SSSR count). The minimum Gasteiger partial charge on any atom is -0.330 e. The Balaban J connectivity index is 1.63. The number of terminal acetylenes is 1. The Labute approximate surface area is 210 Å². The predicted octanol–water partition coefficient (Wildman–Crippen LogP) is 3.91. The molecule has 3 atom stereocenters. The van der Waals surface area contributed by atoms with E-state index in [1.165, 1.54) is 6.08 Å². The molecule has 0 saturated carbocycles. The second-order valence-corrected chi connectivity index (χ2v) is 9.00. The molecule has 2 aromatic rings. The number of benzene rings is 2. The van der Waals surface area contributed by atoms with E-state index < -0.39 is 12.0 Å². The van der Waals surface area contributed by atoms with Gasteiger partial charge in [-0.25, -0.2) is 5.48 Å². The van der Waals surface area contributed by atoms with Crippen molar-refractivity contribution in [2.45, 2.75) is 37.5 Å². The molecule has 2 aliphatic heterocycles. The summed E-state index contributed by atoms with van der Waals surface area (Å²) >= 11 is 6.14. The Kier molecular flexibility index (Phi) is 8.38. The van der Waals surface area contributed by atoms with Gasteiger partial charge in [0, 0.05) is 29.3 Å². The first kappa shape index (κ1) is 24.7. The first-order valence-electron chi connectivity index (χ1n) is 11.7. The van der Waals surface area contributed by atoms with Crippen molar-refractivity contribution < 1.29 is 14.4 Å². The molecule has 0 spiro atoms. The molecule has 6 nitrogen and oxygen atoms in total. The van der Waals surface area contributed by atoms with E-state index >= 15 is 0 Å². The first-order chi connectivity index (χ1) is 17.1. The molecule has 2 amide bonds. The van der Waals surface area contributed by atoms with Crippen molar-refractivity contribution in [3.8, 4) is 12.3 Å². The molecule has 2 N–H and O–H groups in total.